The zero-order valence-corrected chi connectivity index (χ0v) is 11.2. The van der Waals surface area contributed by atoms with Gasteiger partial charge in [0.2, 0.25) is 0 Å². The number of hydrogen-bond acceptors (Lipinski definition) is 2. The predicted molar refractivity (Wildman–Crippen MR) is 71.7 cm³/mol. The van der Waals surface area contributed by atoms with E-state index in [1.165, 1.54) is 50.7 Å². The van der Waals surface area contributed by atoms with Crippen LogP contribution in [0.1, 0.15) is 58.8 Å². The number of nitrogens with one attached hydrogen (secondary N) is 1. The minimum absolute atomic E-state index is 0.756. The van der Waals surface area contributed by atoms with Crippen molar-refractivity contribution in [2.45, 2.75) is 70.1 Å². The van der Waals surface area contributed by atoms with Crippen molar-refractivity contribution in [2.75, 3.05) is 12.3 Å². The van der Waals surface area contributed by atoms with Crippen LogP contribution in [0, 0.1) is 0 Å². The highest BCUT2D eigenvalue weighted by molar-refractivity contribution is 7.99. The van der Waals surface area contributed by atoms with Gasteiger partial charge in [-0.1, -0.05) is 39.5 Å². The van der Waals surface area contributed by atoms with Gasteiger partial charge >= 0.3 is 0 Å². The van der Waals surface area contributed by atoms with Gasteiger partial charge in [0.05, 0.1) is 0 Å². The van der Waals surface area contributed by atoms with Crippen molar-refractivity contribution in [3.05, 3.63) is 0 Å². The van der Waals surface area contributed by atoms with Gasteiger partial charge in [0.25, 0.3) is 0 Å². The molecule has 1 nitrogen and oxygen atoms in total. The largest absolute Gasteiger partial charge is 0.313 e. The fourth-order valence-electron chi connectivity index (χ4n) is 2.37. The van der Waals surface area contributed by atoms with Crippen molar-refractivity contribution < 1.29 is 0 Å². The topological polar surface area (TPSA) is 12.0 Å². The summed E-state index contributed by atoms with van der Waals surface area (Å²) in [4.78, 5) is 0. The van der Waals surface area contributed by atoms with Crippen LogP contribution in [-0.2, 0) is 0 Å². The molecule has 0 saturated heterocycles. The quantitative estimate of drug-likeness (QED) is 0.712. The van der Waals surface area contributed by atoms with Crippen LogP contribution < -0.4 is 5.32 Å². The molecule has 1 N–H and O–H groups in total. The first-order chi connectivity index (χ1) is 7.36. The molecule has 0 spiro atoms. The zero-order chi connectivity index (χ0) is 10.9. The zero-order valence-electron chi connectivity index (χ0n) is 10.4. The maximum absolute atomic E-state index is 3.60. The Morgan fingerprint density at radius 2 is 1.93 bits per heavy atom. The van der Waals surface area contributed by atoms with Crippen molar-refractivity contribution in [3.63, 3.8) is 0 Å². The summed E-state index contributed by atoms with van der Waals surface area (Å²) in [5.74, 6) is 1.33. The smallest absolute Gasteiger partial charge is 0.0158 e. The van der Waals surface area contributed by atoms with Crippen LogP contribution in [-0.4, -0.2) is 23.6 Å². The van der Waals surface area contributed by atoms with E-state index in [9.17, 15) is 0 Å². The van der Waals surface area contributed by atoms with Crippen molar-refractivity contribution in [1.29, 1.82) is 0 Å². The maximum Gasteiger partial charge on any atom is 0.0158 e. The molecule has 0 amide bonds. The third kappa shape index (κ3) is 5.82. The Bertz CT molecular complexity index is 137. The van der Waals surface area contributed by atoms with Crippen molar-refractivity contribution >= 4 is 11.8 Å². The fourth-order valence-corrected chi connectivity index (χ4v) is 3.82. The Kier molecular flexibility index (Phi) is 7.54. The second-order valence-electron chi connectivity index (χ2n) is 4.64. The lowest BCUT2D eigenvalue weighted by atomic mass is 10.0. The van der Waals surface area contributed by atoms with Crippen LogP contribution >= 0.6 is 11.8 Å². The van der Waals surface area contributed by atoms with E-state index < -0.39 is 0 Å². The lowest BCUT2D eigenvalue weighted by Crippen LogP contribution is -2.31. The Labute approximate surface area is 99.8 Å². The third-order valence-corrected chi connectivity index (χ3v) is 4.75. The van der Waals surface area contributed by atoms with Crippen molar-refractivity contribution in [1.82, 2.24) is 5.32 Å². The summed E-state index contributed by atoms with van der Waals surface area (Å²) in [7, 11) is 0. The van der Waals surface area contributed by atoms with Crippen LogP contribution in [0.5, 0.6) is 0 Å². The van der Waals surface area contributed by atoms with Gasteiger partial charge in [-0.15, -0.1) is 0 Å². The van der Waals surface area contributed by atoms with Gasteiger partial charge in [0, 0.05) is 17.0 Å². The first-order valence-corrected chi connectivity index (χ1v) is 7.76. The summed E-state index contributed by atoms with van der Waals surface area (Å²) < 4.78 is 0. The number of thioether (sulfide) groups is 1. The second-order valence-corrected chi connectivity index (χ2v) is 5.97. The van der Waals surface area contributed by atoms with Gasteiger partial charge in [0.15, 0.2) is 0 Å². The van der Waals surface area contributed by atoms with E-state index in [4.69, 9.17) is 0 Å². The molecular formula is C13H27NS. The minimum atomic E-state index is 0.756. The summed E-state index contributed by atoms with van der Waals surface area (Å²) in [5, 5.41) is 4.57. The maximum atomic E-state index is 3.60. The summed E-state index contributed by atoms with van der Waals surface area (Å²) in [5.41, 5.74) is 0. The molecule has 1 aliphatic rings. The molecule has 2 heteroatoms. The molecule has 0 heterocycles. The molecule has 0 aliphatic heterocycles. The minimum Gasteiger partial charge on any atom is -0.313 e. The average molecular weight is 229 g/mol. The second kappa shape index (κ2) is 8.46. The lowest BCUT2D eigenvalue weighted by molar-refractivity contribution is 0.508. The number of rotatable bonds is 7. The lowest BCUT2D eigenvalue weighted by Gasteiger charge is -2.24. The standard InChI is InChI=1S/C13H27NS/c1-3-8-12(14-4-2)11-15-13-9-6-5-7-10-13/h12-14H,3-11H2,1-2H3. The Balaban J connectivity index is 2.13. The van der Waals surface area contributed by atoms with Gasteiger partial charge in [-0.2, -0.15) is 11.8 Å². The highest BCUT2D eigenvalue weighted by Crippen LogP contribution is 2.28. The van der Waals surface area contributed by atoms with E-state index in [0.29, 0.717) is 0 Å². The summed E-state index contributed by atoms with van der Waals surface area (Å²) >= 11 is 2.22. The van der Waals surface area contributed by atoms with Gasteiger partial charge in [-0.3, -0.25) is 0 Å². The van der Waals surface area contributed by atoms with Gasteiger partial charge in [0.1, 0.15) is 0 Å². The first-order valence-electron chi connectivity index (χ1n) is 6.71. The average Bonchev–Trinajstić information content (AvgIpc) is 2.28. The molecular weight excluding hydrogens is 202 g/mol. The highest BCUT2D eigenvalue weighted by atomic mass is 32.2. The van der Waals surface area contributed by atoms with E-state index >= 15 is 0 Å². The monoisotopic (exact) mass is 229 g/mol. The number of hydrogen-bond donors (Lipinski definition) is 1. The Hall–Kier alpha value is 0.310. The molecule has 0 bridgehead atoms. The van der Waals surface area contributed by atoms with Gasteiger partial charge in [-0.05, 0) is 25.8 Å². The SMILES string of the molecule is CCCC(CSC1CCCCC1)NCC. The molecule has 0 aromatic carbocycles. The van der Waals surface area contributed by atoms with E-state index in [1.54, 1.807) is 0 Å². The molecule has 1 unspecified atom stereocenters. The van der Waals surface area contributed by atoms with Crippen LogP contribution in [0.15, 0.2) is 0 Å². The van der Waals surface area contributed by atoms with E-state index in [-0.39, 0.29) is 0 Å². The van der Waals surface area contributed by atoms with Gasteiger partial charge in [-0.25, -0.2) is 0 Å². The van der Waals surface area contributed by atoms with Crippen molar-refractivity contribution in [2.24, 2.45) is 0 Å². The Morgan fingerprint density at radius 1 is 1.20 bits per heavy atom. The van der Waals surface area contributed by atoms with E-state index in [0.717, 1.165) is 17.8 Å². The molecule has 1 saturated carbocycles. The molecule has 90 valence electrons. The first kappa shape index (κ1) is 13.4. The van der Waals surface area contributed by atoms with Crippen molar-refractivity contribution in [3.8, 4) is 0 Å². The molecule has 1 aliphatic carbocycles. The molecule has 0 radical (unpaired) electrons. The molecule has 1 rings (SSSR count). The van der Waals surface area contributed by atoms with E-state index in [2.05, 4.69) is 30.9 Å². The molecule has 1 fully saturated rings. The fraction of sp³-hybridized carbons (Fsp3) is 1.00. The van der Waals surface area contributed by atoms with Crippen LogP contribution in [0.25, 0.3) is 0 Å². The van der Waals surface area contributed by atoms with Crippen LogP contribution in [0.2, 0.25) is 0 Å². The molecule has 0 aromatic heterocycles. The highest BCUT2D eigenvalue weighted by Gasteiger charge is 2.15. The molecule has 15 heavy (non-hydrogen) atoms. The normalized spacial score (nSPS) is 20.4. The van der Waals surface area contributed by atoms with Crippen LogP contribution in [0.3, 0.4) is 0 Å². The van der Waals surface area contributed by atoms with Crippen LogP contribution in [0.4, 0.5) is 0 Å². The summed E-state index contributed by atoms with van der Waals surface area (Å²) in [6.07, 6.45) is 10.00. The molecule has 1 atom stereocenters. The van der Waals surface area contributed by atoms with Gasteiger partial charge < -0.3 is 5.32 Å². The summed E-state index contributed by atoms with van der Waals surface area (Å²) in [6.45, 7) is 5.62. The molecule has 0 aromatic rings. The summed E-state index contributed by atoms with van der Waals surface area (Å²) in [6, 6.07) is 0.756. The predicted octanol–water partition coefficient (Wildman–Crippen LogP) is 3.83. The Morgan fingerprint density at radius 3 is 2.53 bits per heavy atom. The third-order valence-electron chi connectivity index (χ3n) is 3.22. The van der Waals surface area contributed by atoms with E-state index in [1.807, 2.05) is 0 Å².